The molecule has 1 aromatic carbocycles. The molecule has 0 spiro atoms. The van der Waals surface area contributed by atoms with E-state index in [1.165, 1.54) is 0 Å². The van der Waals surface area contributed by atoms with Gasteiger partial charge in [0, 0.05) is 51.4 Å². The molecule has 0 unspecified atom stereocenters. The number of piperazine rings is 1. The molecular formula is C24H32N4O4S. The topological polar surface area (TPSA) is 87.0 Å². The molecule has 33 heavy (non-hydrogen) atoms. The van der Waals surface area contributed by atoms with Crippen LogP contribution in [0.3, 0.4) is 0 Å². The van der Waals surface area contributed by atoms with Crippen molar-refractivity contribution in [2.24, 2.45) is 0 Å². The van der Waals surface area contributed by atoms with Gasteiger partial charge in [0.05, 0.1) is 17.1 Å². The van der Waals surface area contributed by atoms with E-state index in [-0.39, 0.29) is 5.91 Å². The monoisotopic (exact) mass is 472 g/mol. The maximum Gasteiger partial charge on any atom is 0.246 e. The highest BCUT2D eigenvalue weighted by Gasteiger charge is 2.25. The smallest absolute Gasteiger partial charge is 0.246 e. The van der Waals surface area contributed by atoms with Crippen LogP contribution >= 0.6 is 0 Å². The third kappa shape index (κ3) is 6.10. The van der Waals surface area contributed by atoms with Crippen molar-refractivity contribution in [3.05, 3.63) is 53.4 Å². The molecule has 0 aliphatic carbocycles. The molecule has 9 heteroatoms. The van der Waals surface area contributed by atoms with Gasteiger partial charge in [-0.15, -0.1) is 0 Å². The minimum atomic E-state index is -3.46. The molecule has 0 radical (unpaired) electrons. The fourth-order valence-electron chi connectivity index (χ4n) is 4.29. The van der Waals surface area contributed by atoms with Crippen LogP contribution in [-0.2, 0) is 21.4 Å². The molecule has 178 valence electrons. The van der Waals surface area contributed by atoms with Crippen molar-refractivity contribution >= 4 is 22.0 Å². The Kier molecular flexibility index (Phi) is 7.62. The standard InChI is InChI=1S/C24H32N4O4S/c1-20-18-22(32-25-20)19-26-14-16-27(17-15-26)24(29)11-8-21-6-9-23(10-7-21)33(30,31)28-12-4-2-3-5-13-28/h6-11,18H,2-5,12-17,19H2,1H3/b11-8+. The Balaban J connectivity index is 1.29. The van der Waals surface area contributed by atoms with E-state index in [1.54, 1.807) is 40.7 Å². The summed E-state index contributed by atoms with van der Waals surface area (Å²) in [5.41, 5.74) is 1.68. The minimum absolute atomic E-state index is 0.0357. The van der Waals surface area contributed by atoms with Crippen molar-refractivity contribution in [1.29, 1.82) is 0 Å². The molecule has 4 rings (SSSR count). The summed E-state index contributed by atoms with van der Waals surface area (Å²) in [6, 6.07) is 8.71. The fraction of sp³-hybridized carbons (Fsp3) is 0.500. The van der Waals surface area contributed by atoms with Gasteiger partial charge in [0.1, 0.15) is 0 Å². The third-order valence-corrected chi connectivity index (χ3v) is 8.15. The second kappa shape index (κ2) is 10.6. The predicted molar refractivity (Wildman–Crippen MR) is 126 cm³/mol. The Hall–Kier alpha value is -2.49. The third-order valence-electron chi connectivity index (χ3n) is 6.24. The Morgan fingerprint density at radius 2 is 1.67 bits per heavy atom. The van der Waals surface area contributed by atoms with Crippen molar-refractivity contribution in [2.45, 2.75) is 44.0 Å². The van der Waals surface area contributed by atoms with Crippen LogP contribution in [0.4, 0.5) is 0 Å². The molecule has 0 saturated carbocycles. The van der Waals surface area contributed by atoms with E-state index in [4.69, 9.17) is 4.52 Å². The summed E-state index contributed by atoms with van der Waals surface area (Å²) in [6.07, 6.45) is 7.30. The first-order valence-corrected chi connectivity index (χ1v) is 13.1. The van der Waals surface area contributed by atoms with Crippen LogP contribution in [0.1, 0.15) is 42.7 Å². The molecule has 0 bridgehead atoms. The highest BCUT2D eigenvalue weighted by molar-refractivity contribution is 7.89. The zero-order chi connectivity index (χ0) is 23.3. The van der Waals surface area contributed by atoms with Gasteiger partial charge >= 0.3 is 0 Å². The lowest BCUT2D eigenvalue weighted by Crippen LogP contribution is -2.47. The summed E-state index contributed by atoms with van der Waals surface area (Å²) in [5.74, 6) is 0.805. The molecular weight excluding hydrogens is 440 g/mol. The number of aromatic nitrogens is 1. The zero-order valence-electron chi connectivity index (χ0n) is 19.1. The van der Waals surface area contributed by atoms with Crippen molar-refractivity contribution < 1.29 is 17.7 Å². The van der Waals surface area contributed by atoms with Crippen molar-refractivity contribution in [2.75, 3.05) is 39.3 Å². The number of nitrogens with zero attached hydrogens (tertiary/aromatic N) is 4. The first-order chi connectivity index (χ1) is 15.9. The van der Waals surface area contributed by atoms with E-state index < -0.39 is 10.0 Å². The summed E-state index contributed by atoms with van der Waals surface area (Å²) >= 11 is 0. The molecule has 0 N–H and O–H groups in total. The largest absolute Gasteiger partial charge is 0.360 e. The molecule has 3 heterocycles. The summed E-state index contributed by atoms with van der Waals surface area (Å²) in [6.45, 7) is 6.65. The van der Waals surface area contributed by atoms with Gasteiger partial charge in [-0.25, -0.2) is 8.42 Å². The summed E-state index contributed by atoms with van der Waals surface area (Å²) in [4.78, 5) is 17.0. The van der Waals surface area contributed by atoms with Crippen LogP contribution in [0.15, 0.2) is 45.8 Å². The van der Waals surface area contributed by atoms with Gasteiger partial charge in [-0.1, -0.05) is 30.1 Å². The normalized spacial score (nSPS) is 19.1. The number of carbonyl (C=O) groups is 1. The molecule has 2 aliphatic rings. The van der Waals surface area contributed by atoms with Crippen molar-refractivity contribution in [1.82, 2.24) is 19.3 Å². The predicted octanol–water partition coefficient (Wildman–Crippen LogP) is 2.91. The number of hydrogen-bond donors (Lipinski definition) is 0. The average Bonchev–Trinajstić information content (AvgIpc) is 3.05. The molecule has 0 atom stereocenters. The second-order valence-electron chi connectivity index (χ2n) is 8.76. The Morgan fingerprint density at radius 1 is 1.00 bits per heavy atom. The maximum atomic E-state index is 12.9. The molecule has 1 aromatic heterocycles. The zero-order valence-corrected chi connectivity index (χ0v) is 20.0. The van der Waals surface area contributed by atoms with E-state index >= 15 is 0 Å². The lowest BCUT2D eigenvalue weighted by Gasteiger charge is -2.33. The Morgan fingerprint density at radius 3 is 2.27 bits per heavy atom. The summed E-state index contributed by atoms with van der Waals surface area (Å²) < 4.78 is 32.7. The van der Waals surface area contributed by atoms with E-state index in [9.17, 15) is 13.2 Å². The highest BCUT2D eigenvalue weighted by atomic mass is 32.2. The molecule has 2 saturated heterocycles. The number of hydrogen-bond acceptors (Lipinski definition) is 6. The maximum absolute atomic E-state index is 12.9. The average molecular weight is 473 g/mol. The van der Waals surface area contributed by atoms with Crippen LogP contribution in [0, 0.1) is 6.92 Å². The van der Waals surface area contributed by atoms with Crippen LogP contribution in [0.25, 0.3) is 6.08 Å². The first kappa shape index (κ1) is 23.7. The number of aryl methyl sites for hydroxylation is 1. The minimum Gasteiger partial charge on any atom is -0.360 e. The fourth-order valence-corrected chi connectivity index (χ4v) is 5.81. The number of benzene rings is 1. The lowest BCUT2D eigenvalue weighted by atomic mass is 10.2. The van der Waals surface area contributed by atoms with Crippen LogP contribution in [-0.4, -0.2) is 72.9 Å². The van der Waals surface area contributed by atoms with Gasteiger partial charge in [0.2, 0.25) is 15.9 Å². The highest BCUT2D eigenvalue weighted by Crippen LogP contribution is 2.21. The molecule has 8 nitrogen and oxygen atoms in total. The van der Waals surface area contributed by atoms with Crippen LogP contribution in [0.5, 0.6) is 0 Å². The lowest BCUT2D eigenvalue weighted by molar-refractivity contribution is -0.127. The van der Waals surface area contributed by atoms with E-state index in [1.807, 2.05) is 17.9 Å². The van der Waals surface area contributed by atoms with Crippen molar-refractivity contribution in [3.63, 3.8) is 0 Å². The van der Waals surface area contributed by atoms with Crippen LogP contribution < -0.4 is 0 Å². The van der Waals surface area contributed by atoms with Gasteiger partial charge in [-0.3, -0.25) is 9.69 Å². The molecule has 1 amide bonds. The summed E-state index contributed by atoms with van der Waals surface area (Å²) in [5, 5.41) is 3.91. The summed E-state index contributed by atoms with van der Waals surface area (Å²) in [7, 11) is -3.46. The molecule has 2 aliphatic heterocycles. The van der Waals surface area contributed by atoms with Gasteiger partial charge < -0.3 is 9.42 Å². The number of rotatable bonds is 6. The molecule has 2 fully saturated rings. The van der Waals surface area contributed by atoms with E-state index in [2.05, 4.69) is 10.1 Å². The number of amides is 1. The number of sulfonamides is 1. The molecule has 2 aromatic rings. The second-order valence-corrected chi connectivity index (χ2v) is 10.7. The van der Waals surface area contributed by atoms with Gasteiger partial charge in [-0.05, 0) is 43.5 Å². The number of carbonyl (C=O) groups excluding carboxylic acids is 1. The SMILES string of the molecule is Cc1cc(CN2CCN(C(=O)/C=C/c3ccc(S(=O)(=O)N4CCCCCC4)cc3)CC2)on1. The van der Waals surface area contributed by atoms with E-state index in [0.29, 0.717) is 37.6 Å². The van der Waals surface area contributed by atoms with Gasteiger partial charge in [-0.2, -0.15) is 4.31 Å². The van der Waals surface area contributed by atoms with E-state index in [0.717, 1.165) is 55.8 Å². The van der Waals surface area contributed by atoms with Crippen LogP contribution in [0.2, 0.25) is 0 Å². The Bertz CT molecular complexity index is 1060. The van der Waals surface area contributed by atoms with Gasteiger partial charge in [0.15, 0.2) is 5.76 Å². The quantitative estimate of drug-likeness (QED) is 0.601. The van der Waals surface area contributed by atoms with Crippen molar-refractivity contribution in [3.8, 4) is 0 Å². The first-order valence-electron chi connectivity index (χ1n) is 11.6. The van der Waals surface area contributed by atoms with Gasteiger partial charge in [0.25, 0.3) is 0 Å². The Labute approximate surface area is 195 Å².